The van der Waals surface area contributed by atoms with Crippen LogP contribution < -0.4 is 0 Å². The van der Waals surface area contributed by atoms with Gasteiger partial charge in [0.15, 0.2) is 0 Å². The normalized spacial score (nSPS) is 9.40. The Bertz CT molecular complexity index is 408. The summed E-state index contributed by atoms with van der Waals surface area (Å²) >= 11 is 0. The van der Waals surface area contributed by atoms with Gasteiger partial charge < -0.3 is 4.74 Å². The average molecular weight is 204 g/mol. The zero-order valence-corrected chi connectivity index (χ0v) is 8.78. The lowest BCUT2D eigenvalue weighted by molar-refractivity contribution is -0.142. The topological polar surface area (TPSA) is 63.0 Å². The molecule has 1 heterocycles. The van der Waals surface area contributed by atoms with E-state index in [-0.39, 0.29) is 12.4 Å². The Morgan fingerprint density at radius 1 is 1.60 bits per heavy atom. The summed E-state index contributed by atoms with van der Waals surface area (Å²) in [6.45, 7) is 3.96. The number of carbonyl (C=O) groups is 1. The van der Waals surface area contributed by atoms with Crippen molar-refractivity contribution in [3.63, 3.8) is 0 Å². The summed E-state index contributed by atoms with van der Waals surface area (Å²) in [7, 11) is 0. The van der Waals surface area contributed by atoms with Gasteiger partial charge in [0.05, 0.1) is 18.7 Å². The van der Waals surface area contributed by atoms with E-state index in [1.54, 1.807) is 19.1 Å². The number of hydrogen-bond donors (Lipinski definition) is 0. The molecule has 0 amide bonds. The minimum atomic E-state index is -0.316. The van der Waals surface area contributed by atoms with Gasteiger partial charge in [-0.2, -0.15) is 5.26 Å². The first-order valence-corrected chi connectivity index (χ1v) is 4.69. The minimum absolute atomic E-state index is 0.120. The Morgan fingerprint density at radius 3 is 2.93 bits per heavy atom. The molecule has 0 unspecified atom stereocenters. The molecule has 0 aliphatic heterocycles. The van der Waals surface area contributed by atoms with Gasteiger partial charge in [-0.15, -0.1) is 0 Å². The van der Waals surface area contributed by atoms with Gasteiger partial charge in [-0.05, 0) is 25.5 Å². The van der Waals surface area contributed by atoms with Gasteiger partial charge in [0.1, 0.15) is 11.8 Å². The maximum Gasteiger partial charge on any atom is 0.311 e. The van der Waals surface area contributed by atoms with Crippen molar-refractivity contribution in [2.45, 2.75) is 20.3 Å². The zero-order chi connectivity index (χ0) is 11.3. The van der Waals surface area contributed by atoms with Crippen LogP contribution in [0.1, 0.15) is 23.9 Å². The van der Waals surface area contributed by atoms with Crippen LogP contribution in [0.3, 0.4) is 0 Å². The molecule has 0 atom stereocenters. The van der Waals surface area contributed by atoms with Crippen LogP contribution in [0.25, 0.3) is 0 Å². The molecule has 0 aromatic carbocycles. The number of esters is 1. The fourth-order valence-electron chi connectivity index (χ4n) is 1.16. The summed E-state index contributed by atoms with van der Waals surface area (Å²) in [5.41, 5.74) is 1.81. The molecule has 0 N–H and O–H groups in total. The van der Waals surface area contributed by atoms with Crippen molar-refractivity contribution < 1.29 is 9.53 Å². The molecule has 15 heavy (non-hydrogen) atoms. The van der Waals surface area contributed by atoms with E-state index in [0.717, 1.165) is 5.56 Å². The summed E-state index contributed by atoms with van der Waals surface area (Å²) in [6.07, 6.45) is 0.120. The predicted octanol–water partition coefficient (Wildman–Crippen LogP) is 1.37. The lowest BCUT2D eigenvalue weighted by atomic mass is 10.1. The number of rotatable bonds is 3. The molecule has 0 saturated heterocycles. The second-order valence-electron chi connectivity index (χ2n) is 3.05. The summed E-state index contributed by atoms with van der Waals surface area (Å²) in [4.78, 5) is 15.3. The molecule has 1 rings (SSSR count). The molecule has 0 spiro atoms. The fraction of sp³-hybridized carbons (Fsp3) is 0.364. The van der Waals surface area contributed by atoms with E-state index < -0.39 is 0 Å². The van der Waals surface area contributed by atoms with Gasteiger partial charge in [0.25, 0.3) is 0 Å². The summed E-state index contributed by atoms with van der Waals surface area (Å²) in [5, 5.41) is 8.66. The van der Waals surface area contributed by atoms with Gasteiger partial charge in [0.2, 0.25) is 0 Å². The molecule has 1 aromatic heterocycles. The van der Waals surface area contributed by atoms with Crippen molar-refractivity contribution in [3.8, 4) is 6.07 Å². The van der Waals surface area contributed by atoms with Crippen molar-refractivity contribution in [2.75, 3.05) is 6.61 Å². The van der Waals surface area contributed by atoms with Crippen LogP contribution in [0.2, 0.25) is 0 Å². The lowest BCUT2D eigenvalue weighted by Gasteiger charge is -2.04. The molecule has 0 saturated carbocycles. The highest BCUT2D eigenvalue weighted by Crippen LogP contribution is 2.07. The molecule has 0 aliphatic rings. The highest BCUT2D eigenvalue weighted by atomic mass is 16.5. The van der Waals surface area contributed by atoms with E-state index in [2.05, 4.69) is 4.98 Å². The van der Waals surface area contributed by atoms with Crippen LogP contribution in [0, 0.1) is 18.3 Å². The monoisotopic (exact) mass is 204 g/mol. The highest BCUT2D eigenvalue weighted by Gasteiger charge is 2.08. The molecule has 0 fully saturated rings. The van der Waals surface area contributed by atoms with E-state index >= 15 is 0 Å². The number of carbonyl (C=O) groups excluding carboxylic acids is 1. The molecule has 1 aromatic rings. The van der Waals surface area contributed by atoms with Crippen molar-refractivity contribution >= 4 is 5.97 Å². The highest BCUT2D eigenvalue weighted by molar-refractivity contribution is 5.72. The lowest BCUT2D eigenvalue weighted by Crippen LogP contribution is -2.10. The second-order valence-corrected chi connectivity index (χ2v) is 3.05. The van der Waals surface area contributed by atoms with E-state index in [9.17, 15) is 4.79 Å². The Kier molecular flexibility index (Phi) is 3.81. The van der Waals surface area contributed by atoms with Crippen molar-refractivity contribution in [1.82, 2.24) is 4.98 Å². The Labute approximate surface area is 88.5 Å². The average Bonchev–Trinajstić information content (AvgIpc) is 2.21. The standard InChI is InChI=1S/C11H12N2O2/c1-3-15-11(14)6-10-8(2)4-5-9(7-12)13-10/h4-5H,3,6H2,1-2H3. The second kappa shape index (κ2) is 5.11. The van der Waals surface area contributed by atoms with Crippen LogP contribution in [-0.2, 0) is 16.0 Å². The Balaban J connectivity index is 2.85. The number of hydrogen-bond acceptors (Lipinski definition) is 4. The molecule has 0 aliphatic carbocycles. The largest absolute Gasteiger partial charge is 0.466 e. The van der Waals surface area contributed by atoms with Gasteiger partial charge >= 0.3 is 5.97 Å². The predicted molar refractivity (Wildman–Crippen MR) is 54.0 cm³/mol. The molecule has 4 nitrogen and oxygen atoms in total. The van der Waals surface area contributed by atoms with E-state index in [4.69, 9.17) is 10.00 Å². The minimum Gasteiger partial charge on any atom is -0.466 e. The Morgan fingerprint density at radius 2 is 2.33 bits per heavy atom. The number of aryl methyl sites for hydroxylation is 1. The smallest absolute Gasteiger partial charge is 0.311 e. The number of nitriles is 1. The summed E-state index contributed by atoms with van der Waals surface area (Å²) < 4.78 is 4.81. The molecular formula is C11H12N2O2. The zero-order valence-electron chi connectivity index (χ0n) is 8.78. The number of ether oxygens (including phenoxy) is 1. The van der Waals surface area contributed by atoms with Crippen molar-refractivity contribution in [1.29, 1.82) is 5.26 Å². The first-order valence-electron chi connectivity index (χ1n) is 4.69. The maximum atomic E-state index is 11.2. The summed E-state index contributed by atoms with van der Waals surface area (Å²) in [5.74, 6) is -0.316. The molecule has 4 heteroatoms. The van der Waals surface area contributed by atoms with Gasteiger partial charge in [-0.25, -0.2) is 4.98 Å². The van der Waals surface area contributed by atoms with Crippen LogP contribution in [-0.4, -0.2) is 17.6 Å². The van der Waals surface area contributed by atoms with E-state index in [0.29, 0.717) is 18.0 Å². The van der Waals surface area contributed by atoms with Crippen LogP contribution in [0.5, 0.6) is 0 Å². The molecular weight excluding hydrogens is 192 g/mol. The molecule has 78 valence electrons. The van der Waals surface area contributed by atoms with Crippen molar-refractivity contribution in [2.24, 2.45) is 0 Å². The van der Waals surface area contributed by atoms with Gasteiger partial charge in [-0.1, -0.05) is 6.07 Å². The molecule has 0 radical (unpaired) electrons. The number of nitrogens with zero attached hydrogens (tertiary/aromatic N) is 2. The van der Waals surface area contributed by atoms with Crippen LogP contribution in [0.15, 0.2) is 12.1 Å². The van der Waals surface area contributed by atoms with Crippen LogP contribution >= 0.6 is 0 Å². The first-order chi connectivity index (χ1) is 7.17. The van der Waals surface area contributed by atoms with Gasteiger partial charge in [0, 0.05) is 0 Å². The third-order valence-corrected chi connectivity index (χ3v) is 1.93. The summed E-state index contributed by atoms with van der Waals surface area (Å²) in [6, 6.07) is 5.34. The first kappa shape index (κ1) is 11.2. The SMILES string of the molecule is CCOC(=O)Cc1nc(C#N)ccc1C. The number of pyridine rings is 1. The molecule has 0 bridgehead atoms. The van der Waals surface area contributed by atoms with Gasteiger partial charge in [-0.3, -0.25) is 4.79 Å². The third-order valence-electron chi connectivity index (χ3n) is 1.93. The third kappa shape index (κ3) is 3.06. The maximum absolute atomic E-state index is 11.2. The van der Waals surface area contributed by atoms with Crippen molar-refractivity contribution in [3.05, 3.63) is 29.1 Å². The Hall–Kier alpha value is -1.89. The fourth-order valence-corrected chi connectivity index (χ4v) is 1.16. The van der Waals surface area contributed by atoms with E-state index in [1.165, 1.54) is 0 Å². The van der Waals surface area contributed by atoms with E-state index in [1.807, 2.05) is 13.0 Å². The number of aromatic nitrogens is 1. The quantitative estimate of drug-likeness (QED) is 0.697. The van der Waals surface area contributed by atoms with Crippen LogP contribution in [0.4, 0.5) is 0 Å².